The van der Waals surface area contributed by atoms with Crippen LogP contribution in [-0.4, -0.2) is 66.1 Å². The fourth-order valence-electron chi connectivity index (χ4n) is 3.61. The number of hydrazine groups is 1. The van der Waals surface area contributed by atoms with Gasteiger partial charge in [-0.25, -0.2) is 5.01 Å². The minimum atomic E-state index is -2.54. The average molecular weight is 468 g/mol. The Labute approximate surface area is 187 Å². The maximum Gasteiger partial charge on any atom is 0.294 e. The first-order valence-corrected chi connectivity index (χ1v) is 12.3. The van der Waals surface area contributed by atoms with Crippen molar-refractivity contribution in [2.45, 2.75) is 32.7 Å². The van der Waals surface area contributed by atoms with E-state index < -0.39 is 15.7 Å². The summed E-state index contributed by atoms with van der Waals surface area (Å²) in [6, 6.07) is 9.69. The number of nitrogens with one attached hydrogen (secondary N) is 1. The lowest BCUT2D eigenvalue weighted by molar-refractivity contribution is -0.757. The van der Waals surface area contributed by atoms with E-state index in [1.165, 1.54) is 0 Å². The molecule has 176 valence electrons. The molecule has 1 fully saturated rings. The molecule has 1 aromatic carbocycles. The molecule has 1 amide bonds. The Balaban J connectivity index is 1.71. The van der Waals surface area contributed by atoms with Gasteiger partial charge in [0.15, 0.2) is 5.69 Å². The van der Waals surface area contributed by atoms with Crippen LogP contribution in [0.25, 0.3) is 11.3 Å². The molecule has 1 aliphatic rings. The zero-order valence-corrected chi connectivity index (χ0v) is 18.8. The largest absolute Gasteiger partial charge is 0.314 e. The highest BCUT2D eigenvalue weighted by Gasteiger charge is 2.26. The molecule has 1 aromatic heterocycles. The van der Waals surface area contributed by atoms with Crippen LogP contribution >= 0.6 is 10.6 Å². The monoisotopic (exact) mass is 467 g/mol. The van der Waals surface area contributed by atoms with Crippen molar-refractivity contribution in [3.8, 4) is 11.3 Å². The molecule has 0 saturated carbocycles. The SMILES string of the molecule is Cc1c(C(=O)NN2CCS(O)(O)CC2)nn(CCCCCO[N+](=O)[O-])c1-c1ccccc1. The summed E-state index contributed by atoms with van der Waals surface area (Å²) in [6.45, 7) is 3.21. The molecule has 3 N–H and O–H groups in total. The number of amides is 1. The van der Waals surface area contributed by atoms with E-state index in [1.54, 1.807) is 9.69 Å². The lowest BCUT2D eigenvalue weighted by Gasteiger charge is -2.40. The van der Waals surface area contributed by atoms with Gasteiger partial charge in [0.25, 0.3) is 11.0 Å². The van der Waals surface area contributed by atoms with Gasteiger partial charge in [-0.05, 0) is 26.2 Å². The number of benzene rings is 1. The predicted octanol–water partition coefficient (Wildman–Crippen LogP) is 2.95. The summed E-state index contributed by atoms with van der Waals surface area (Å²) in [7, 11) is -2.54. The maximum atomic E-state index is 12.9. The van der Waals surface area contributed by atoms with Crippen LogP contribution in [0.4, 0.5) is 0 Å². The molecule has 2 heterocycles. The second-order valence-electron chi connectivity index (χ2n) is 7.67. The van der Waals surface area contributed by atoms with E-state index >= 15 is 0 Å². The van der Waals surface area contributed by atoms with Crippen molar-refractivity contribution in [2.75, 3.05) is 31.2 Å². The van der Waals surface area contributed by atoms with E-state index in [-0.39, 0.29) is 24.0 Å². The number of aryl methyl sites for hydroxylation is 1. The van der Waals surface area contributed by atoms with Crippen molar-refractivity contribution < 1.29 is 23.8 Å². The van der Waals surface area contributed by atoms with E-state index in [0.29, 0.717) is 31.7 Å². The number of hydrogen-bond acceptors (Lipinski definition) is 8. The molecular formula is C20H29N5O6S. The number of carbonyl (C=O) groups is 1. The first kappa shape index (κ1) is 24.0. The van der Waals surface area contributed by atoms with Crippen LogP contribution in [0.2, 0.25) is 0 Å². The lowest BCUT2D eigenvalue weighted by atomic mass is 10.1. The summed E-state index contributed by atoms with van der Waals surface area (Å²) in [6.07, 6.45) is 2.01. The topological polar surface area (TPSA) is 143 Å². The maximum absolute atomic E-state index is 12.9. The molecule has 12 heteroatoms. The molecule has 0 radical (unpaired) electrons. The van der Waals surface area contributed by atoms with Crippen molar-refractivity contribution in [3.05, 3.63) is 51.7 Å². The Kier molecular flexibility index (Phi) is 8.07. The lowest BCUT2D eigenvalue weighted by Crippen LogP contribution is -2.49. The van der Waals surface area contributed by atoms with Crippen LogP contribution < -0.4 is 5.43 Å². The Bertz CT molecular complexity index is 926. The Morgan fingerprint density at radius 2 is 1.91 bits per heavy atom. The molecule has 3 rings (SSSR count). The zero-order chi connectivity index (χ0) is 23.1. The highest BCUT2D eigenvalue weighted by molar-refractivity contribution is 8.24. The summed E-state index contributed by atoms with van der Waals surface area (Å²) >= 11 is 0. The van der Waals surface area contributed by atoms with Crippen molar-refractivity contribution >= 4 is 16.5 Å². The fourth-order valence-corrected chi connectivity index (χ4v) is 4.83. The van der Waals surface area contributed by atoms with Gasteiger partial charge in [-0.3, -0.25) is 24.0 Å². The first-order chi connectivity index (χ1) is 15.3. The van der Waals surface area contributed by atoms with E-state index in [0.717, 1.165) is 29.7 Å². The third-order valence-electron chi connectivity index (χ3n) is 5.30. The normalized spacial score (nSPS) is 17.0. The summed E-state index contributed by atoms with van der Waals surface area (Å²) in [5, 5.41) is 15.7. The van der Waals surface area contributed by atoms with Crippen LogP contribution in [0.3, 0.4) is 0 Å². The summed E-state index contributed by atoms with van der Waals surface area (Å²) in [4.78, 5) is 27.5. The van der Waals surface area contributed by atoms with Gasteiger partial charge in [-0.1, -0.05) is 30.3 Å². The van der Waals surface area contributed by atoms with Crippen LogP contribution in [0.15, 0.2) is 30.3 Å². The number of hydrogen-bond donors (Lipinski definition) is 3. The van der Waals surface area contributed by atoms with Gasteiger partial charge in [0.2, 0.25) is 0 Å². The highest BCUT2D eigenvalue weighted by atomic mass is 32.3. The van der Waals surface area contributed by atoms with Crippen molar-refractivity contribution in [1.82, 2.24) is 20.2 Å². The molecule has 0 unspecified atom stereocenters. The van der Waals surface area contributed by atoms with Crippen LogP contribution in [0, 0.1) is 17.0 Å². The minimum Gasteiger partial charge on any atom is -0.314 e. The van der Waals surface area contributed by atoms with Crippen LogP contribution in [0.1, 0.15) is 35.3 Å². The number of rotatable bonds is 10. The second-order valence-corrected chi connectivity index (χ2v) is 10.1. The summed E-state index contributed by atoms with van der Waals surface area (Å²) in [5.41, 5.74) is 5.70. The quantitative estimate of drug-likeness (QED) is 0.275. The van der Waals surface area contributed by atoms with Crippen molar-refractivity contribution in [1.29, 1.82) is 0 Å². The predicted molar refractivity (Wildman–Crippen MR) is 121 cm³/mol. The van der Waals surface area contributed by atoms with E-state index in [4.69, 9.17) is 0 Å². The molecule has 2 aromatic rings. The standard InChI is InChI=1S/C20H29N5O6S/c1-16-18(20(26)22-23-11-14-32(29,30)15-12-23)21-24(10-6-3-7-13-31-25(27)28)19(16)17-8-4-2-5-9-17/h2,4-5,8-9,29-30H,3,6-7,10-15H2,1H3,(H,22,26). The zero-order valence-electron chi connectivity index (χ0n) is 18.0. The molecule has 0 spiro atoms. The van der Waals surface area contributed by atoms with E-state index in [2.05, 4.69) is 15.4 Å². The highest BCUT2D eigenvalue weighted by Crippen LogP contribution is 2.39. The molecule has 0 bridgehead atoms. The van der Waals surface area contributed by atoms with E-state index in [9.17, 15) is 24.0 Å². The fraction of sp³-hybridized carbons (Fsp3) is 0.500. The van der Waals surface area contributed by atoms with Crippen LogP contribution in [0.5, 0.6) is 0 Å². The van der Waals surface area contributed by atoms with Gasteiger partial charge in [0.1, 0.15) is 0 Å². The molecule has 1 saturated heterocycles. The smallest absolute Gasteiger partial charge is 0.294 e. The average Bonchev–Trinajstić information content (AvgIpc) is 3.08. The van der Waals surface area contributed by atoms with Crippen molar-refractivity contribution in [3.63, 3.8) is 0 Å². The van der Waals surface area contributed by atoms with Gasteiger partial charge in [0.05, 0.1) is 23.8 Å². The van der Waals surface area contributed by atoms with Gasteiger partial charge in [0, 0.05) is 30.8 Å². The van der Waals surface area contributed by atoms with Gasteiger partial charge < -0.3 is 4.84 Å². The Morgan fingerprint density at radius 1 is 1.22 bits per heavy atom. The number of nitrogens with zero attached hydrogens (tertiary/aromatic N) is 4. The molecule has 32 heavy (non-hydrogen) atoms. The van der Waals surface area contributed by atoms with Gasteiger partial charge in [-0.15, -0.1) is 10.1 Å². The van der Waals surface area contributed by atoms with Crippen molar-refractivity contribution in [2.24, 2.45) is 0 Å². The number of aromatic nitrogens is 2. The molecule has 11 nitrogen and oxygen atoms in total. The summed E-state index contributed by atoms with van der Waals surface area (Å²) in [5.74, 6) is 0.128. The molecule has 1 aliphatic heterocycles. The second kappa shape index (κ2) is 10.8. The third-order valence-corrected chi connectivity index (χ3v) is 6.97. The Morgan fingerprint density at radius 3 is 2.56 bits per heavy atom. The molecular weight excluding hydrogens is 438 g/mol. The number of unbranched alkanes of at least 4 members (excludes halogenated alkanes) is 2. The first-order valence-electron chi connectivity index (χ1n) is 10.5. The van der Waals surface area contributed by atoms with Gasteiger partial charge >= 0.3 is 0 Å². The Hall–Kier alpha value is -2.67. The molecule has 0 atom stereocenters. The molecule has 0 aliphatic carbocycles. The summed E-state index contributed by atoms with van der Waals surface area (Å²) < 4.78 is 21.3. The van der Waals surface area contributed by atoms with Gasteiger partial charge in [-0.2, -0.15) is 15.7 Å². The third kappa shape index (κ3) is 6.42. The minimum absolute atomic E-state index is 0.0604. The van der Waals surface area contributed by atoms with E-state index in [1.807, 2.05) is 37.3 Å². The van der Waals surface area contributed by atoms with Crippen LogP contribution in [-0.2, 0) is 11.4 Å². The number of carbonyl (C=O) groups excluding carboxylic acids is 1.